The minimum atomic E-state index is -0.993. The summed E-state index contributed by atoms with van der Waals surface area (Å²) in [6.07, 6.45) is 3.71. The van der Waals surface area contributed by atoms with E-state index in [1.165, 1.54) is 19.3 Å². The molecule has 3 rings (SSSR count). The first-order valence-corrected chi connectivity index (χ1v) is 13.6. The van der Waals surface area contributed by atoms with Crippen LogP contribution < -0.4 is 10.6 Å². The van der Waals surface area contributed by atoms with Crippen LogP contribution in [0.4, 0.5) is 5.69 Å². The zero-order valence-electron chi connectivity index (χ0n) is 23.1. The minimum absolute atomic E-state index is 0.232. The van der Waals surface area contributed by atoms with Crippen molar-refractivity contribution in [1.82, 2.24) is 0 Å². The number of ether oxygens (including phenoxy) is 1. The van der Waals surface area contributed by atoms with Gasteiger partial charge in [-0.1, -0.05) is 93.4 Å². The molecule has 7 heteroatoms. The summed E-state index contributed by atoms with van der Waals surface area (Å²) >= 11 is 0. The topological polar surface area (TPSA) is 109 Å². The van der Waals surface area contributed by atoms with Crippen LogP contribution in [0.15, 0.2) is 84.9 Å². The third-order valence-corrected chi connectivity index (χ3v) is 6.42. The number of anilines is 1. The average molecular weight is 534 g/mol. The molecule has 0 aromatic heterocycles. The van der Waals surface area contributed by atoms with Crippen LogP contribution in [0.3, 0.4) is 0 Å². The van der Waals surface area contributed by atoms with Crippen LogP contribution in [0, 0.1) is 5.92 Å². The van der Waals surface area contributed by atoms with Crippen molar-refractivity contribution in [2.24, 2.45) is 5.92 Å². The Kier molecular flexibility index (Phi) is 14.0. The maximum absolute atomic E-state index is 11.8. The number of rotatable bonds is 14. The Labute approximate surface area is 231 Å². The van der Waals surface area contributed by atoms with Crippen LogP contribution in [0.5, 0.6) is 0 Å². The fraction of sp³-hybridized carbons (Fsp3) is 0.344. The average Bonchev–Trinajstić information content (AvgIpc) is 2.97. The lowest BCUT2D eigenvalue weighted by Crippen LogP contribution is -2.86. The van der Waals surface area contributed by atoms with E-state index in [9.17, 15) is 19.5 Å². The lowest BCUT2D eigenvalue weighted by Gasteiger charge is -2.16. The second-order valence-electron chi connectivity index (χ2n) is 9.17. The number of hydrogen-bond acceptors (Lipinski definition) is 5. The number of nitrogens with one attached hydrogen (secondary N) is 1. The van der Waals surface area contributed by atoms with Crippen LogP contribution in [0.2, 0.25) is 0 Å². The molecule has 3 aromatic rings. The van der Waals surface area contributed by atoms with E-state index in [4.69, 9.17) is 4.74 Å². The highest BCUT2D eigenvalue weighted by atomic mass is 16.5. The molecule has 208 valence electrons. The second kappa shape index (κ2) is 17.5. The van der Waals surface area contributed by atoms with E-state index in [0.29, 0.717) is 23.4 Å². The van der Waals surface area contributed by atoms with Gasteiger partial charge in [0.05, 0.1) is 18.7 Å². The minimum Gasteiger partial charge on any atom is -0.479 e. The molecule has 0 heterocycles. The van der Waals surface area contributed by atoms with Gasteiger partial charge in [-0.2, -0.15) is 0 Å². The van der Waals surface area contributed by atoms with Crippen LogP contribution in [-0.4, -0.2) is 42.5 Å². The first-order valence-electron chi connectivity index (χ1n) is 13.6. The molecule has 7 nitrogen and oxygen atoms in total. The van der Waals surface area contributed by atoms with Crippen LogP contribution in [0.25, 0.3) is 0 Å². The monoisotopic (exact) mass is 533 g/mol. The summed E-state index contributed by atoms with van der Waals surface area (Å²) in [5, 5.41) is 14.5. The number of hydrogen-bond donors (Lipinski definition) is 3. The first-order chi connectivity index (χ1) is 18.9. The Morgan fingerprint density at radius 3 is 2.05 bits per heavy atom. The fourth-order valence-corrected chi connectivity index (χ4v) is 4.08. The van der Waals surface area contributed by atoms with E-state index < -0.39 is 18.0 Å². The third-order valence-electron chi connectivity index (χ3n) is 6.42. The van der Waals surface area contributed by atoms with Gasteiger partial charge in [0.15, 0.2) is 6.04 Å². The number of quaternary nitrogens is 1. The van der Waals surface area contributed by atoms with Gasteiger partial charge in [-0.15, -0.1) is 0 Å². The van der Waals surface area contributed by atoms with E-state index in [-0.39, 0.29) is 12.4 Å². The van der Waals surface area contributed by atoms with E-state index >= 15 is 0 Å². The molecule has 0 fully saturated rings. The van der Waals surface area contributed by atoms with Crippen molar-refractivity contribution in [3.63, 3.8) is 0 Å². The van der Waals surface area contributed by atoms with Gasteiger partial charge in [-0.05, 0) is 43.0 Å². The van der Waals surface area contributed by atoms with Crippen molar-refractivity contribution in [2.45, 2.75) is 46.1 Å². The van der Waals surface area contributed by atoms with Gasteiger partial charge in [-0.3, -0.25) is 4.79 Å². The van der Waals surface area contributed by atoms with Crippen molar-refractivity contribution in [3.05, 3.63) is 102 Å². The summed E-state index contributed by atoms with van der Waals surface area (Å²) in [4.78, 5) is 35.0. The summed E-state index contributed by atoms with van der Waals surface area (Å²) in [5.74, 6) is -0.376. The van der Waals surface area contributed by atoms with Gasteiger partial charge in [-0.25, -0.2) is 9.59 Å². The van der Waals surface area contributed by atoms with Gasteiger partial charge in [0.1, 0.15) is 6.54 Å². The number of carbonyl (C=O) groups excluding carboxylic acids is 2. The smallest absolute Gasteiger partial charge is 0.338 e. The predicted octanol–water partition coefficient (Wildman–Crippen LogP) is 5.36. The molecule has 3 aromatic carbocycles. The van der Waals surface area contributed by atoms with E-state index in [2.05, 4.69) is 24.5 Å². The van der Waals surface area contributed by atoms with Gasteiger partial charge in [0.2, 0.25) is 5.78 Å². The Morgan fingerprint density at radius 2 is 1.46 bits per heavy atom. The molecule has 0 saturated heterocycles. The van der Waals surface area contributed by atoms with Crippen molar-refractivity contribution in [3.8, 4) is 0 Å². The highest BCUT2D eigenvalue weighted by molar-refractivity contribution is 5.96. The Hall–Kier alpha value is -3.97. The number of carboxylic acids is 1. The highest BCUT2D eigenvalue weighted by Crippen LogP contribution is 2.21. The van der Waals surface area contributed by atoms with Gasteiger partial charge in [0, 0.05) is 11.3 Å². The molecule has 39 heavy (non-hydrogen) atoms. The molecule has 0 amide bonds. The Bertz CT molecular complexity index is 1150. The number of benzene rings is 3. The lowest BCUT2D eigenvalue weighted by molar-refractivity contribution is -0.643. The van der Waals surface area contributed by atoms with E-state index in [0.717, 1.165) is 18.0 Å². The van der Waals surface area contributed by atoms with E-state index in [1.807, 2.05) is 36.4 Å². The lowest BCUT2D eigenvalue weighted by atomic mass is 10.00. The molecule has 1 atom stereocenters. The Balaban J connectivity index is 0.000000283. The summed E-state index contributed by atoms with van der Waals surface area (Å²) in [6.45, 7) is 8.13. The van der Waals surface area contributed by atoms with Gasteiger partial charge < -0.3 is 20.5 Å². The summed E-state index contributed by atoms with van der Waals surface area (Å²) < 4.78 is 4.94. The SMILES string of the molecule is CCC(CC)CC[NH2+]CC(=O)c1ccccc1.CCOC(=O)c1cccc(NC(C(=O)O)c2ccccc2)c1. The normalized spacial score (nSPS) is 11.2. The van der Waals surface area contributed by atoms with Gasteiger partial charge in [0.25, 0.3) is 0 Å². The number of ketones is 1. The van der Waals surface area contributed by atoms with Crippen LogP contribution in [-0.2, 0) is 9.53 Å². The molecule has 0 aliphatic heterocycles. The first kappa shape index (κ1) is 31.2. The van der Waals surface area contributed by atoms with Crippen molar-refractivity contribution in [2.75, 3.05) is 25.0 Å². The molecule has 0 aliphatic rings. The molecular weight excluding hydrogens is 492 g/mol. The zero-order chi connectivity index (χ0) is 28.5. The number of esters is 1. The zero-order valence-corrected chi connectivity index (χ0v) is 23.1. The number of carbonyl (C=O) groups is 3. The standard InChI is InChI=1S/C17H17NO4.C15H23NO/c1-2-22-17(21)13-9-6-10-14(11-13)18-15(16(19)20)12-7-4-3-5-8-12;1-3-13(4-2)10-11-16-12-15(17)14-8-6-5-7-9-14/h3-11,15,18H,2H2,1H3,(H,19,20);5-9,13,16H,3-4,10-12H2,1-2H3/p+1. The molecule has 4 N–H and O–H groups in total. The van der Waals surface area contributed by atoms with Gasteiger partial charge >= 0.3 is 11.9 Å². The number of Topliss-reactive ketones (excluding diaryl/α,β-unsaturated/α-hetero) is 1. The Morgan fingerprint density at radius 1 is 0.846 bits per heavy atom. The summed E-state index contributed by atoms with van der Waals surface area (Å²) in [5.41, 5.74) is 2.38. The fourth-order valence-electron chi connectivity index (χ4n) is 4.08. The maximum atomic E-state index is 11.8. The molecule has 0 radical (unpaired) electrons. The van der Waals surface area contributed by atoms with Crippen molar-refractivity contribution < 1.29 is 29.5 Å². The van der Waals surface area contributed by atoms with Crippen LogP contribution in [0.1, 0.15) is 72.4 Å². The summed E-state index contributed by atoms with van der Waals surface area (Å²) in [6, 6.07) is 24.1. The number of carboxylic acid groups (broad SMARTS) is 1. The largest absolute Gasteiger partial charge is 0.479 e. The van der Waals surface area contributed by atoms with Crippen molar-refractivity contribution in [1.29, 1.82) is 0 Å². The highest BCUT2D eigenvalue weighted by Gasteiger charge is 2.19. The molecule has 0 spiro atoms. The summed E-state index contributed by atoms with van der Waals surface area (Å²) in [7, 11) is 0. The molecule has 1 unspecified atom stereocenters. The number of nitrogens with two attached hydrogens (primary N) is 1. The third kappa shape index (κ3) is 11.1. The second-order valence-corrected chi connectivity index (χ2v) is 9.17. The quantitative estimate of drug-likeness (QED) is 0.146. The predicted molar refractivity (Wildman–Crippen MR) is 154 cm³/mol. The molecular formula is C32H41N2O5+. The maximum Gasteiger partial charge on any atom is 0.338 e. The van der Waals surface area contributed by atoms with E-state index in [1.54, 1.807) is 55.5 Å². The molecule has 0 bridgehead atoms. The molecule has 0 saturated carbocycles. The number of aliphatic carboxylic acids is 1. The van der Waals surface area contributed by atoms with Crippen molar-refractivity contribution >= 4 is 23.4 Å². The van der Waals surface area contributed by atoms with Crippen LogP contribution >= 0.6 is 0 Å². The molecule has 0 aliphatic carbocycles.